The number of carbonyl (C=O) groups excluding carboxylic acids is 1. The van der Waals surface area contributed by atoms with Gasteiger partial charge in [-0.2, -0.15) is 5.10 Å². The van der Waals surface area contributed by atoms with E-state index < -0.39 is 0 Å². The smallest absolute Gasteiger partial charge is 0.245 e. The summed E-state index contributed by atoms with van der Waals surface area (Å²) in [5.74, 6) is 1.65. The summed E-state index contributed by atoms with van der Waals surface area (Å²) in [5, 5.41) is 4.66. The molecule has 2 fully saturated rings. The predicted molar refractivity (Wildman–Crippen MR) is 106 cm³/mol. The van der Waals surface area contributed by atoms with E-state index in [0.29, 0.717) is 11.8 Å². The molecule has 3 heterocycles. The van der Waals surface area contributed by atoms with Crippen LogP contribution in [0.15, 0.2) is 37.2 Å². The minimum Gasteiger partial charge on any atom is -0.339 e. The third-order valence-electron chi connectivity index (χ3n) is 6.17. The van der Waals surface area contributed by atoms with Crippen LogP contribution in [0.4, 0.5) is 0 Å². The van der Waals surface area contributed by atoms with E-state index in [1.54, 1.807) is 0 Å². The normalized spacial score (nSPS) is 25.1. The average Bonchev–Trinajstić information content (AvgIpc) is 3.41. The Morgan fingerprint density at radius 3 is 2.81 bits per heavy atom. The van der Waals surface area contributed by atoms with Crippen molar-refractivity contribution >= 4 is 5.91 Å². The summed E-state index contributed by atoms with van der Waals surface area (Å²) in [6.45, 7) is 7.45. The van der Waals surface area contributed by atoms with E-state index in [1.165, 1.54) is 42.2 Å². The highest BCUT2D eigenvalue weighted by Gasteiger charge is 2.30. The minimum atomic E-state index is 0.0152. The second-order valence-corrected chi connectivity index (χ2v) is 8.16. The zero-order valence-corrected chi connectivity index (χ0v) is 16.3. The van der Waals surface area contributed by atoms with Gasteiger partial charge in [0.1, 0.15) is 0 Å². The average molecular weight is 364 g/mol. The maximum atomic E-state index is 12.0. The number of carbonyl (C=O) groups is 1. The lowest BCUT2D eigenvalue weighted by atomic mass is 9.91. The Balaban J connectivity index is 1.68. The number of nitrogens with zero attached hydrogens (tertiary/aromatic N) is 4. The third kappa shape index (κ3) is 3.55. The van der Waals surface area contributed by atoms with Gasteiger partial charge in [0.2, 0.25) is 5.91 Å². The van der Waals surface area contributed by atoms with E-state index in [0.717, 1.165) is 31.1 Å². The highest BCUT2D eigenvalue weighted by molar-refractivity contribution is 5.87. The number of likely N-dealkylation sites (tertiary alicyclic amines) is 1. The van der Waals surface area contributed by atoms with Crippen molar-refractivity contribution in [1.29, 1.82) is 0 Å². The van der Waals surface area contributed by atoms with E-state index in [1.807, 2.05) is 22.8 Å². The first-order valence-electron chi connectivity index (χ1n) is 9.96. The molecule has 3 atom stereocenters. The van der Waals surface area contributed by atoms with Crippen molar-refractivity contribution in [2.75, 3.05) is 13.1 Å². The van der Waals surface area contributed by atoms with E-state index in [-0.39, 0.29) is 5.91 Å². The SMILES string of the molecule is C=CC(=O)N1CCC(c2cnc(C3CCC(C)C3)cc2-c2ccn(C)n2)C1. The van der Waals surface area contributed by atoms with Gasteiger partial charge < -0.3 is 4.90 Å². The first-order chi connectivity index (χ1) is 13.0. The van der Waals surface area contributed by atoms with Crippen LogP contribution in [-0.2, 0) is 11.8 Å². The van der Waals surface area contributed by atoms with Crippen molar-refractivity contribution in [3.05, 3.63) is 48.4 Å². The van der Waals surface area contributed by atoms with Crippen molar-refractivity contribution < 1.29 is 4.79 Å². The Kier molecular flexibility index (Phi) is 4.85. The van der Waals surface area contributed by atoms with E-state index in [9.17, 15) is 4.79 Å². The van der Waals surface area contributed by atoms with Crippen molar-refractivity contribution in [3.63, 3.8) is 0 Å². The van der Waals surface area contributed by atoms with Crippen LogP contribution < -0.4 is 0 Å². The molecule has 0 spiro atoms. The molecule has 2 aliphatic rings. The van der Waals surface area contributed by atoms with E-state index >= 15 is 0 Å². The van der Waals surface area contributed by atoms with Crippen molar-refractivity contribution in [2.24, 2.45) is 13.0 Å². The summed E-state index contributed by atoms with van der Waals surface area (Å²) >= 11 is 0. The van der Waals surface area contributed by atoms with Crippen LogP contribution in [0, 0.1) is 5.92 Å². The van der Waals surface area contributed by atoms with Crippen LogP contribution in [0.3, 0.4) is 0 Å². The summed E-state index contributed by atoms with van der Waals surface area (Å²) in [7, 11) is 1.95. The number of hydrogen-bond donors (Lipinski definition) is 0. The lowest BCUT2D eigenvalue weighted by molar-refractivity contribution is -0.125. The van der Waals surface area contributed by atoms with Crippen molar-refractivity contribution in [1.82, 2.24) is 19.7 Å². The molecule has 1 aliphatic heterocycles. The van der Waals surface area contributed by atoms with Crippen LogP contribution in [0.25, 0.3) is 11.3 Å². The Morgan fingerprint density at radius 2 is 2.15 bits per heavy atom. The lowest BCUT2D eigenvalue weighted by Crippen LogP contribution is -2.26. The van der Waals surface area contributed by atoms with Gasteiger partial charge in [-0.25, -0.2) is 0 Å². The summed E-state index contributed by atoms with van der Waals surface area (Å²) < 4.78 is 1.85. The standard InChI is InChI=1S/C22H28N4O/c1-4-22(27)26-10-7-17(14-26)19-13-23-21(16-6-5-15(2)11-16)12-18(19)20-8-9-25(3)24-20/h4,8-9,12-13,15-17H,1,5-7,10-11,14H2,2-3H3. The largest absolute Gasteiger partial charge is 0.339 e. The topological polar surface area (TPSA) is 51.0 Å². The molecule has 27 heavy (non-hydrogen) atoms. The van der Waals surface area contributed by atoms with E-state index in [4.69, 9.17) is 4.98 Å². The summed E-state index contributed by atoms with van der Waals surface area (Å²) in [5.41, 5.74) is 4.58. The predicted octanol–water partition coefficient (Wildman–Crippen LogP) is 3.89. The van der Waals surface area contributed by atoms with Gasteiger partial charge in [-0.15, -0.1) is 0 Å². The molecule has 4 rings (SSSR count). The summed E-state index contributed by atoms with van der Waals surface area (Å²) in [4.78, 5) is 18.7. The van der Waals surface area contributed by atoms with Gasteiger partial charge in [-0.3, -0.25) is 14.5 Å². The van der Waals surface area contributed by atoms with Crippen LogP contribution in [0.2, 0.25) is 0 Å². The van der Waals surface area contributed by atoms with Gasteiger partial charge in [0.25, 0.3) is 0 Å². The molecule has 5 nitrogen and oxygen atoms in total. The molecule has 0 aromatic carbocycles. The van der Waals surface area contributed by atoms with Gasteiger partial charge in [0, 0.05) is 55.6 Å². The van der Waals surface area contributed by atoms with Gasteiger partial charge >= 0.3 is 0 Å². The molecule has 3 unspecified atom stereocenters. The molecule has 1 saturated heterocycles. The molecule has 2 aromatic rings. The Hall–Kier alpha value is -2.43. The number of rotatable bonds is 4. The Morgan fingerprint density at radius 1 is 1.30 bits per heavy atom. The summed E-state index contributed by atoms with van der Waals surface area (Å²) in [6.07, 6.45) is 10.1. The van der Waals surface area contributed by atoms with E-state index in [2.05, 4.69) is 36.9 Å². The number of pyridine rings is 1. The monoisotopic (exact) mass is 364 g/mol. The zero-order chi connectivity index (χ0) is 19.0. The zero-order valence-electron chi connectivity index (χ0n) is 16.3. The fourth-order valence-electron chi connectivity index (χ4n) is 4.63. The number of amides is 1. The molecule has 142 valence electrons. The van der Waals surface area contributed by atoms with Crippen LogP contribution in [0.1, 0.15) is 55.7 Å². The molecular formula is C22H28N4O. The second kappa shape index (κ2) is 7.29. The Labute approximate surface area is 161 Å². The number of aromatic nitrogens is 3. The molecule has 1 saturated carbocycles. The van der Waals surface area contributed by atoms with Gasteiger partial charge in [0.15, 0.2) is 0 Å². The first kappa shape index (κ1) is 18.0. The first-order valence-corrected chi connectivity index (χ1v) is 9.96. The maximum absolute atomic E-state index is 12.0. The Bertz CT molecular complexity index is 856. The summed E-state index contributed by atoms with van der Waals surface area (Å²) in [6, 6.07) is 4.33. The maximum Gasteiger partial charge on any atom is 0.245 e. The molecule has 1 amide bonds. The molecular weight excluding hydrogens is 336 g/mol. The molecule has 2 aromatic heterocycles. The number of hydrogen-bond acceptors (Lipinski definition) is 3. The van der Waals surface area contributed by atoms with Crippen LogP contribution in [-0.4, -0.2) is 38.7 Å². The van der Waals surface area contributed by atoms with Crippen molar-refractivity contribution in [2.45, 2.75) is 44.4 Å². The highest BCUT2D eigenvalue weighted by Crippen LogP contribution is 2.40. The molecule has 0 bridgehead atoms. The minimum absolute atomic E-state index is 0.0152. The fourth-order valence-corrected chi connectivity index (χ4v) is 4.63. The quantitative estimate of drug-likeness (QED) is 0.774. The van der Waals surface area contributed by atoms with Gasteiger partial charge in [-0.1, -0.05) is 19.9 Å². The van der Waals surface area contributed by atoms with Gasteiger partial charge in [-0.05, 0) is 49.0 Å². The van der Waals surface area contributed by atoms with Crippen molar-refractivity contribution in [3.8, 4) is 11.3 Å². The molecule has 5 heteroatoms. The second-order valence-electron chi connectivity index (χ2n) is 8.16. The van der Waals surface area contributed by atoms with Crippen LogP contribution in [0.5, 0.6) is 0 Å². The molecule has 0 radical (unpaired) electrons. The van der Waals surface area contributed by atoms with Crippen LogP contribution >= 0.6 is 0 Å². The van der Waals surface area contributed by atoms with Gasteiger partial charge in [0.05, 0.1) is 5.69 Å². The lowest BCUT2D eigenvalue weighted by Gasteiger charge is -2.18. The molecule has 0 N–H and O–H groups in total. The third-order valence-corrected chi connectivity index (χ3v) is 6.17. The fraction of sp³-hybridized carbons (Fsp3) is 0.500. The number of aryl methyl sites for hydroxylation is 1. The highest BCUT2D eigenvalue weighted by atomic mass is 16.2. The molecule has 1 aliphatic carbocycles.